The van der Waals surface area contributed by atoms with Crippen LogP contribution in [0.5, 0.6) is 40.2 Å². The fourth-order valence-electron chi connectivity index (χ4n) is 9.94. The Morgan fingerprint density at radius 3 is 1.72 bits per heavy atom. The van der Waals surface area contributed by atoms with Crippen LogP contribution in [0.25, 0.3) is 0 Å². The smallest absolute Gasteiger partial charge is 0.331 e. The summed E-state index contributed by atoms with van der Waals surface area (Å²) < 4.78 is 52.5. The van der Waals surface area contributed by atoms with E-state index in [0.29, 0.717) is 51.8 Å². The van der Waals surface area contributed by atoms with Gasteiger partial charge in [0, 0.05) is 55.4 Å². The number of hydrogen-bond acceptors (Lipinski definition) is 11. The van der Waals surface area contributed by atoms with E-state index in [1.54, 1.807) is 49.8 Å². The van der Waals surface area contributed by atoms with Crippen molar-refractivity contribution in [3.63, 3.8) is 0 Å². The Hall–Kier alpha value is -5.92. The maximum absolute atomic E-state index is 12.8. The minimum Gasteiger partial charge on any atom is -0.496 e. The highest BCUT2D eigenvalue weighted by Crippen LogP contribution is 2.48. The predicted octanol–water partition coefficient (Wildman–Crippen LogP) is 7.87. The van der Waals surface area contributed by atoms with Crippen LogP contribution in [0.3, 0.4) is 0 Å². The van der Waals surface area contributed by atoms with Crippen molar-refractivity contribution >= 4 is 11.9 Å². The minimum atomic E-state index is -0.590. The van der Waals surface area contributed by atoms with Crippen molar-refractivity contribution in [2.45, 2.75) is 58.0 Å². The molecular weight excluding hydrogens is 829 g/mol. The van der Waals surface area contributed by atoms with Crippen LogP contribution in [-0.4, -0.2) is 124 Å². The molecule has 0 fully saturated rings. The summed E-state index contributed by atoms with van der Waals surface area (Å²) in [7, 11) is 16.1. The summed E-state index contributed by atoms with van der Waals surface area (Å²) in [5.41, 5.74) is 9.38. The molecule has 2 aliphatic heterocycles. The van der Waals surface area contributed by atoms with Crippen LogP contribution < -0.4 is 33.2 Å². The summed E-state index contributed by atoms with van der Waals surface area (Å²) in [6.07, 6.45) is 6.02. The van der Waals surface area contributed by atoms with E-state index in [0.717, 1.165) is 84.5 Å². The molecule has 65 heavy (non-hydrogen) atoms. The monoisotopic (exact) mass is 896 g/mol. The summed E-state index contributed by atoms with van der Waals surface area (Å²) in [6.45, 7) is 7.89. The van der Waals surface area contributed by atoms with Gasteiger partial charge in [-0.2, -0.15) is 0 Å². The number of nitrogens with zero attached hydrogens (tertiary/aromatic N) is 2. The number of carbonyl (C=O) groups is 2. The maximum Gasteiger partial charge on any atom is 0.331 e. The van der Waals surface area contributed by atoms with E-state index in [1.165, 1.54) is 27.8 Å². The number of methoxy groups -OCH3 is 7. The Kier molecular flexibility index (Phi) is 16.0. The number of likely N-dealkylation sites (N-methyl/N-ethyl adjacent to an activating group) is 2. The molecule has 0 N–H and O–H groups in total. The molecule has 0 amide bonds. The van der Waals surface area contributed by atoms with E-state index in [-0.39, 0.29) is 25.3 Å². The van der Waals surface area contributed by atoms with Crippen molar-refractivity contribution in [1.82, 2.24) is 0 Å². The molecule has 0 saturated heterocycles. The van der Waals surface area contributed by atoms with Gasteiger partial charge in [0.1, 0.15) is 17.8 Å². The standard InChI is InChI=1S/C52H68N2O11/c1-34-28-38-21-25-54(4,51(50(38)52(63-11)35(34)2)39-15-17-43(58-6)45(32-39)60-8)23-13-27-65-49(56)19-18-48(55)64-26-12-22-53(3)24-20-37-31-46(61-9)47(62-10)33-40(37)41(53)29-36-14-16-42(57-5)44(30-36)59-7/h14-19,28,30-33,41,51H,12-13,20-27,29H2,1-11H3/q+2/b19-18+. The van der Waals surface area contributed by atoms with Gasteiger partial charge in [0.2, 0.25) is 0 Å². The molecule has 4 aromatic rings. The van der Waals surface area contributed by atoms with Gasteiger partial charge < -0.3 is 51.6 Å². The average molecular weight is 897 g/mol. The van der Waals surface area contributed by atoms with E-state index < -0.39 is 11.9 Å². The average Bonchev–Trinajstić information content (AvgIpc) is 3.32. The number of benzene rings is 4. The summed E-state index contributed by atoms with van der Waals surface area (Å²) in [6, 6.07) is 18.6. The second-order valence-electron chi connectivity index (χ2n) is 17.5. The van der Waals surface area contributed by atoms with Crippen molar-refractivity contribution in [1.29, 1.82) is 0 Å². The molecular formula is C52H68N2O11+2. The zero-order valence-corrected chi connectivity index (χ0v) is 40.2. The molecule has 0 radical (unpaired) electrons. The first kappa shape index (κ1) is 48.5. The van der Waals surface area contributed by atoms with Crippen molar-refractivity contribution in [3.05, 3.63) is 111 Å². The molecule has 6 rings (SSSR count). The molecule has 13 nitrogen and oxygen atoms in total. The lowest BCUT2D eigenvalue weighted by atomic mass is 9.83. The largest absolute Gasteiger partial charge is 0.496 e. The van der Waals surface area contributed by atoms with Crippen molar-refractivity contribution in [2.24, 2.45) is 0 Å². The number of quaternary nitrogens is 2. The number of ether oxygens (including phenoxy) is 9. The van der Waals surface area contributed by atoms with Gasteiger partial charge in [0.05, 0.1) is 109 Å². The number of esters is 2. The normalized spacial score (nSPS) is 20.0. The van der Waals surface area contributed by atoms with Crippen LogP contribution in [-0.2, 0) is 38.3 Å². The first-order chi connectivity index (χ1) is 31.3. The molecule has 0 bridgehead atoms. The number of aryl methyl sites for hydroxylation is 1. The quantitative estimate of drug-likeness (QED) is 0.0374. The summed E-state index contributed by atoms with van der Waals surface area (Å²) in [5.74, 6) is 3.80. The fraction of sp³-hybridized carbons (Fsp3) is 0.462. The Balaban J connectivity index is 1.05. The molecule has 0 spiro atoms. The van der Waals surface area contributed by atoms with E-state index in [2.05, 4.69) is 64.3 Å². The van der Waals surface area contributed by atoms with E-state index in [4.69, 9.17) is 42.6 Å². The minimum absolute atomic E-state index is 0.0652. The Morgan fingerprint density at radius 2 is 1.12 bits per heavy atom. The van der Waals surface area contributed by atoms with Gasteiger partial charge in [-0.05, 0) is 84.1 Å². The van der Waals surface area contributed by atoms with Crippen molar-refractivity contribution in [3.8, 4) is 40.2 Å². The molecule has 2 heterocycles. The highest BCUT2D eigenvalue weighted by molar-refractivity contribution is 5.91. The molecule has 350 valence electrons. The third kappa shape index (κ3) is 10.6. The van der Waals surface area contributed by atoms with Crippen molar-refractivity contribution in [2.75, 3.05) is 103 Å². The van der Waals surface area contributed by atoms with Gasteiger partial charge in [0.15, 0.2) is 34.5 Å². The van der Waals surface area contributed by atoms with Gasteiger partial charge >= 0.3 is 11.9 Å². The van der Waals surface area contributed by atoms with Gasteiger partial charge in [-0.15, -0.1) is 0 Å². The molecule has 4 unspecified atom stereocenters. The number of fused-ring (bicyclic) bond motifs is 2. The zero-order chi connectivity index (χ0) is 46.9. The summed E-state index contributed by atoms with van der Waals surface area (Å²) in [4.78, 5) is 25.7. The highest BCUT2D eigenvalue weighted by atomic mass is 16.5. The predicted molar refractivity (Wildman–Crippen MR) is 249 cm³/mol. The van der Waals surface area contributed by atoms with Crippen molar-refractivity contribution < 1.29 is 61.2 Å². The molecule has 0 aliphatic carbocycles. The van der Waals surface area contributed by atoms with E-state index in [1.807, 2.05) is 18.2 Å². The summed E-state index contributed by atoms with van der Waals surface area (Å²) >= 11 is 0. The molecule has 13 heteroatoms. The van der Waals surface area contributed by atoms with E-state index in [9.17, 15) is 9.59 Å². The fourth-order valence-corrected chi connectivity index (χ4v) is 9.94. The third-order valence-corrected chi connectivity index (χ3v) is 13.6. The highest BCUT2D eigenvalue weighted by Gasteiger charge is 2.43. The summed E-state index contributed by atoms with van der Waals surface area (Å²) in [5, 5.41) is 0. The lowest BCUT2D eigenvalue weighted by Crippen LogP contribution is -2.52. The molecule has 4 atom stereocenters. The van der Waals surface area contributed by atoms with Crippen LogP contribution in [0.15, 0.2) is 66.7 Å². The van der Waals surface area contributed by atoms with E-state index >= 15 is 0 Å². The van der Waals surface area contributed by atoms with Gasteiger partial charge in [0.25, 0.3) is 0 Å². The molecule has 2 aliphatic rings. The Morgan fingerprint density at radius 1 is 0.600 bits per heavy atom. The van der Waals surface area contributed by atoms with Crippen LogP contribution in [0.4, 0.5) is 0 Å². The third-order valence-electron chi connectivity index (χ3n) is 13.6. The first-order valence-corrected chi connectivity index (χ1v) is 22.3. The lowest BCUT2D eigenvalue weighted by molar-refractivity contribution is -0.941. The Bertz CT molecular complexity index is 2360. The molecule has 0 aromatic heterocycles. The number of rotatable bonds is 20. The van der Waals surface area contributed by atoms with Crippen LogP contribution in [0.1, 0.15) is 69.4 Å². The van der Waals surface area contributed by atoms with Crippen LogP contribution >= 0.6 is 0 Å². The SMILES string of the molecule is COc1ccc(CC2c3cc(OC)c(OC)cc3CC[N+]2(C)CCCOC(=O)/C=C/C(=O)OCCC[N+]2(C)CCc3cc(C)c(C)c(OC)c3C2c2ccc(OC)c(OC)c2)cc1OC. The second kappa shape index (κ2) is 21.4. The molecule has 0 saturated carbocycles. The Labute approximate surface area is 384 Å². The van der Waals surface area contributed by atoms with Crippen LogP contribution in [0, 0.1) is 13.8 Å². The molecule has 4 aromatic carbocycles. The van der Waals surface area contributed by atoms with Gasteiger partial charge in [-0.1, -0.05) is 12.1 Å². The zero-order valence-electron chi connectivity index (χ0n) is 40.2. The van der Waals surface area contributed by atoms with Gasteiger partial charge in [-0.25, -0.2) is 9.59 Å². The topological polar surface area (TPSA) is 117 Å². The first-order valence-electron chi connectivity index (χ1n) is 22.3. The second-order valence-corrected chi connectivity index (χ2v) is 17.5. The lowest BCUT2D eigenvalue weighted by Gasteiger charge is -2.46. The number of carbonyl (C=O) groups excluding carboxylic acids is 2. The van der Waals surface area contributed by atoms with Crippen LogP contribution in [0.2, 0.25) is 0 Å². The van der Waals surface area contributed by atoms with Gasteiger partial charge in [-0.3, -0.25) is 0 Å². The number of hydrogen-bond donors (Lipinski definition) is 0. The maximum atomic E-state index is 12.8.